The second kappa shape index (κ2) is 5.60. The number of anilines is 1. The fourth-order valence-corrected chi connectivity index (χ4v) is 7.31. The number of fused-ring (bicyclic) bond motifs is 1. The predicted molar refractivity (Wildman–Crippen MR) is 95.6 cm³/mol. The molecule has 0 aromatic heterocycles. The fourth-order valence-electron chi connectivity index (χ4n) is 3.01. The van der Waals surface area contributed by atoms with Crippen molar-refractivity contribution in [1.29, 1.82) is 0 Å². The number of rotatable bonds is 2. The summed E-state index contributed by atoms with van der Waals surface area (Å²) in [5.41, 5.74) is 0.874. The molecule has 3 fully saturated rings. The van der Waals surface area contributed by atoms with Gasteiger partial charge in [-0.3, -0.25) is 4.79 Å². The van der Waals surface area contributed by atoms with Gasteiger partial charge >= 0.3 is 0 Å². The maximum Gasteiger partial charge on any atom is 0.251 e. The number of hydrogen-bond acceptors (Lipinski definition) is 4. The minimum absolute atomic E-state index is 0.0512. The number of carbonyl (C=O) groups is 1. The Balaban J connectivity index is 1.73. The van der Waals surface area contributed by atoms with Crippen molar-refractivity contribution < 1.29 is 13.2 Å². The van der Waals surface area contributed by atoms with Crippen molar-refractivity contribution in [3.63, 3.8) is 0 Å². The van der Waals surface area contributed by atoms with Gasteiger partial charge in [0.25, 0.3) is 5.91 Å². The third-order valence-electron chi connectivity index (χ3n) is 4.29. The lowest BCUT2D eigenvalue weighted by Crippen LogP contribution is -2.37. The standard InChI is InChI=1S/C15H15BrN2O3S2/c16-10-2-1-3-11(6-10)18-12-7-23(20,21)8-13(12)22-15(18)17-14(19)9-4-5-9/h1-3,6,9,12-13H,4-5,7-8H2/t12-,13-/m1/s1. The number of aliphatic imine (C=N–C) groups is 1. The Labute approximate surface area is 147 Å². The molecule has 1 saturated carbocycles. The number of sulfone groups is 1. The highest BCUT2D eigenvalue weighted by Gasteiger charge is 2.49. The van der Waals surface area contributed by atoms with Gasteiger partial charge in [0.1, 0.15) is 0 Å². The summed E-state index contributed by atoms with van der Waals surface area (Å²) in [6.45, 7) is 0. The molecule has 0 N–H and O–H groups in total. The van der Waals surface area contributed by atoms with Crippen LogP contribution in [-0.4, -0.2) is 42.3 Å². The molecule has 1 amide bonds. The van der Waals surface area contributed by atoms with E-state index in [1.165, 1.54) is 11.8 Å². The average molecular weight is 415 g/mol. The van der Waals surface area contributed by atoms with Crippen molar-refractivity contribution in [1.82, 2.24) is 0 Å². The second-order valence-corrected chi connectivity index (χ2v) is 10.4. The SMILES string of the molecule is O=C(N=C1S[C@@H]2CS(=O)(=O)C[C@H]2N1c1cccc(Br)c1)C1CC1. The molecular weight excluding hydrogens is 400 g/mol. The van der Waals surface area contributed by atoms with E-state index in [1.54, 1.807) is 0 Å². The molecule has 0 bridgehead atoms. The molecule has 2 aliphatic heterocycles. The summed E-state index contributed by atoms with van der Waals surface area (Å²) >= 11 is 4.88. The fraction of sp³-hybridized carbons (Fsp3) is 0.467. The zero-order chi connectivity index (χ0) is 16.2. The molecule has 122 valence electrons. The van der Waals surface area contributed by atoms with Gasteiger partial charge in [0.2, 0.25) is 0 Å². The number of thioether (sulfide) groups is 1. The molecule has 23 heavy (non-hydrogen) atoms. The molecule has 2 saturated heterocycles. The van der Waals surface area contributed by atoms with Gasteiger partial charge < -0.3 is 4.90 Å². The smallest absolute Gasteiger partial charge is 0.251 e. The summed E-state index contributed by atoms with van der Waals surface area (Å²) in [4.78, 5) is 18.3. The lowest BCUT2D eigenvalue weighted by Gasteiger charge is -2.24. The summed E-state index contributed by atoms with van der Waals surface area (Å²) in [6, 6.07) is 7.54. The van der Waals surface area contributed by atoms with E-state index in [2.05, 4.69) is 20.9 Å². The van der Waals surface area contributed by atoms with Crippen molar-refractivity contribution >= 4 is 54.3 Å². The Morgan fingerprint density at radius 2 is 2.09 bits per heavy atom. The van der Waals surface area contributed by atoms with Crippen LogP contribution in [0.5, 0.6) is 0 Å². The molecule has 8 heteroatoms. The van der Waals surface area contributed by atoms with Gasteiger partial charge in [-0.15, -0.1) is 0 Å². The molecule has 4 rings (SSSR count). The van der Waals surface area contributed by atoms with E-state index in [0.717, 1.165) is 23.0 Å². The van der Waals surface area contributed by atoms with E-state index < -0.39 is 9.84 Å². The van der Waals surface area contributed by atoms with E-state index in [0.29, 0.717) is 5.17 Å². The molecule has 2 atom stereocenters. The maximum atomic E-state index is 12.1. The molecule has 0 unspecified atom stereocenters. The van der Waals surface area contributed by atoms with Gasteiger partial charge in [0, 0.05) is 21.3 Å². The van der Waals surface area contributed by atoms with E-state index in [-0.39, 0.29) is 34.6 Å². The van der Waals surface area contributed by atoms with Crippen molar-refractivity contribution in [2.75, 3.05) is 16.4 Å². The van der Waals surface area contributed by atoms with Crippen molar-refractivity contribution in [3.05, 3.63) is 28.7 Å². The Morgan fingerprint density at radius 3 is 2.78 bits per heavy atom. The molecule has 1 aromatic carbocycles. The van der Waals surface area contributed by atoms with Crippen LogP contribution in [-0.2, 0) is 14.6 Å². The van der Waals surface area contributed by atoms with Crippen molar-refractivity contribution in [3.8, 4) is 0 Å². The summed E-state index contributed by atoms with van der Waals surface area (Å²) in [6.07, 6.45) is 1.83. The van der Waals surface area contributed by atoms with Gasteiger partial charge in [-0.2, -0.15) is 4.99 Å². The summed E-state index contributed by atoms with van der Waals surface area (Å²) in [7, 11) is -3.03. The zero-order valence-electron chi connectivity index (χ0n) is 12.2. The number of hydrogen-bond donors (Lipinski definition) is 0. The Bertz CT molecular complexity index is 805. The molecule has 2 heterocycles. The first kappa shape index (κ1) is 15.7. The van der Waals surface area contributed by atoms with Crippen LogP contribution in [0.4, 0.5) is 5.69 Å². The predicted octanol–water partition coefficient (Wildman–Crippen LogP) is 2.46. The van der Waals surface area contributed by atoms with E-state index in [9.17, 15) is 13.2 Å². The van der Waals surface area contributed by atoms with E-state index in [4.69, 9.17) is 0 Å². The molecular formula is C15H15BrN2O3S2. The first-order chi connectivity index (χ1) is 10.9. The van der Waals surface area contributed by atoms with Crippen LogP contribution >= 0.6 is 27.7 Å². The third kappa shape index (κ3) is 3.08. The van der Waals surface area contributed by atoms with Gasteiger partial charge in [0.05, 0.1) is 17.5 Å². The Kier molecular flexibility index (Phi) is 3.81. The lowest BCUT2D eigenvalue weighted by atomic mass is 10.2. The summed E-state index contributed by atoms with van der Waals surface area (Å²) in [5.74, 6) is 0.268. The van der Waals surface area contributed by atoms with Crippen LogP contribution in [0.2, 0.25) is 0 Å². The van der Waals surface area contributed by atoms with Gasteiger partial charge in [0.15, 0.2) is 15.0 Å². The minimum atomic E-state index is -3.03. The minimum Gasteiger partial charge on any atom is -0.316 e. The van der Waals surface area contributed by atoms with Crippen LogP contribution < -0.4 is 4.90 Å². The summed E-state index contributed by atoms with van der Waals surface area (Å²) in [5, 5.41) is 0.592. The normalized spacial score (nSPS) is 30.7. The maximum absolute atomic E-state index is 12.1. The average Bonchev–Trinajstić information content (AvgIpc) is 3.20. The lowest BCUT2D eigenvalue weighted by molar-refractivity contribution is -0.118. The highest BCUT2D eigenvalue weighted by molar-refractivity contribution is 9.10. The van der Waals surface area contributed by atoms with Crippen LogP contribution in [0, 0.1) is 5.92 Å². The molecule has 5 nitrogen and oxygen atoms in total. The van der Waals surface area contributed by atoms with Crippen molar-refractivity contribution in [2.24, 2.45) is 10.9 Å². The third-order valence-corrected chi connectivity index (χ3v) is 7.99. The molecule has 1 aliphatic carbocycles. The highest BCUT2D eigenvalue weighted by atomic mass is 79.9. The van der Waals surface area contributed by atoms with Gasteiger partial charge in [-0.05, 0) is 31.0 Å². The largest absolute Gasteiger partial charge is 0.316 e. The van der Waals surface area contributed by atoms with Crippen LogP contribution in [0.25, 0.3) is 0 Å². The first-order valence-corrected chi connectivity index (χ1v) is 11.0. The quantitative estimate of drug-likeness (QED) is 0.743. The van der Waals surface area contributed by atoms with Gasteiger partial charge in [-0.25, -0.2) is 8.42 Å². The summed E-state index contributed by atoms with van der Waals surface area (Å²) < 4.78 is 24.9. The Morgan fingerprint density at radius 1 is 1.30 bits per heavy atom. The second-order valence-electron chi connectivity index (χ2n) is 6.16. The first-order valence-electron chi connectivity index (χ1n) is 7.47. The number of nitrogens with zero attached hydrogens (tertiary/aromatic N) is 2. The van der Waals surface area contributed by atoms with E-state index >= 15 is 0 Å². The molecule has 0 spiro atoms. The molecule has 3 aliphatic rings. The van der Waals surface area contributed by atoms with Gasteiger partial charge in [-0.1, -0.05) is 33.8 Å². The Hall–Kier alpha value is -0.860. The van der Waals surface area contributed by atoms with Crippen LogP contribution in [0.15, 0.2) is 33.7 Å². The van der Waals surface area contributed by atoms with Crippen LogP contribution in [0.3, 0.4) is 0 Å². The zero-order valence-corrected chi connectivity index (χ0v) is 15.4. The van der Waals surface area contributed by atoms with E-state index in [1.807, 2.05) is 29.2 Å². The monoisotopic (exact) mass is 414 g/mol. The number of halogens is 1. The topological polar surface area (TPSA) is 66.8 Å². The van der Waals surface area contributed by atoms with Crippen LogP contribution in [0.1, 0.15) is 12.8 Å². The number of benzene rings is 1. The highest BCUT2D eigenvalue weighted by Crippen LogP contribution is 2.42. The van der Waals surface area contributed by atoms with Crippen molar-refractivity contribution in [2.45, 2.75) is 24.1 Å². The number of amidine groups is 1. The number of carbonyl (C=O) groups excluding carboxylic acids is 1. The molecule has 0 radical (unpaired) electrons. The number of amides is 1. The molecule has 1 aromatic rings.